The number of nitriles is 1. The quantitative estimate of drug-likeness (QED) is 0.688. The molecule has 0 spiro atoms. The molecule has 31 heavy (non-hydrogen) atoms. The number of carbonyl (C=O) groups is 2. The number of anilines is 1. The molecule has 0 fully saturated rings. The highest BCUT2D eigenvalue weighted by atomic mass is 19.1. The standard InChI is InChI=1S/C21H21FN6O3/c1-21(2,3)31-20(30)27(4)12-18(29)25-19-24-17-8-6-14(11-28(17)26-19)15-9-13(10-23)5-7-16(15)22/h5-9,11H,12H2,1-4H3,(H,25,26,29). The lowest BCUT2D eigenvalue weighted by molar-refractivity contribution is -0.117. The zero-order valence-electron chi connectivity index (χ0n) is 17.5. The highest BCUT2D eigenvalue weighted by Gasteiger charge is 2.21. The van der Waals surface area contributed by atoms with Crippen LogP contribution < -0.4 is 5.32 Å². The minimum Gasteiger partial charge on any atom is -0.444 e. The third-order valence-electron chi connectivity index (χ3n) is 4.07. The summed E-state index contributed by atoms with van der Waals surface area (Å²) in [5.41, 5.74) is 0.832. The summed E-state index contributed by atoms with van der Waals surface area (Å²) in [6.07, 6.45) is 0.918. The smallest absolute Gasteiger partial charge is 0.410 e. The summed E-state index contributed by atoms with van der Waals surface area (Å²) in [6.45, 7) is 4.95. The largest absolute Gasteiger partial charge is 0.444 e. The number of halogens is 1. The summed E-state index contributed by atoms with van der Waals surface area (Å²) in [6, 6.07) is 9.31. The number of hydrogen-bond acceptors (Lipinski definition) is 6. The second-order valence-electron chi connectivity index (χ2n) is 7.85. The van der Waals surface area contributed by atoms with Crippen molar-refractivity contribution < 1.29 is 18.7 Å². The van der Waals surface area contributed by atoms with Crippen molar-refractivity contribution >= 4 is 23.6 Å². The van der Waals surface area contributed by atoms with Gasteiger partial charge in [0, 0.05) is 24.4 Å². The van der Waals surface area contributed by atoms with Crippen LogP contribution >= 0.6 is 0 Å². The molecule has 2 heterocycles. The van der Waals surface area contributed by atoms with Crippen LogP contribution in [-0.2, 0) is 9.53 Å². The molecule has 0 unspecified atom stereocenters. The molecule has 3 rings (SSSR count). The number of likely N-dealkylation sites (N-methyl/N-ethyl adjacent to an activating group) is 1. The van der Waals surface area contributed by atoms with Crippen LogP contribution in [0.1, 0.15) is 26.3 Å². The molecule has 10 heteroatoms. The van der Waals surface area contributed by atoms with E-state index in [9.17, 15) is 14.0 Å². The van der Waals surface area contributed by atoms with Crippen molar-refractivity contribution in [2.45, 2.75) is 26.4 Å². The predicted octanol–water partition coefficient (Wildman–Crippen LogP) is 3.21. The maximum atomic E-state index is 14.2. The highest BCUT2D eigenvalue weighted by Crippen LogP contribution is 2.24. The maximum absolute atomic E-state index is 14.2. The number of hydrogen-bond donors (Lipinski definition) is 1. The molecule has 0 atom stereocenters. The summed E-state index contributed by atoms with van der Waals surface area (Å²) < 4.78 is 20.8. The molecule has 0 saturated heterocycles. The van der Waals surface area contributed by atoms with E-state index in [2.05, 4.69) is 15.4 Å². The average molecular weight is 424 g/mol. The highest BCUT2D eigenvalue weighted by molar-refractivity contribution is 5.92. The van der Waals surface area contributed by atoms with Gasteiger partial charge in [-0.25, -0.2) is 13.7 Å². The maximum Gasteiger partial charge on any atom is 0.410 e. The van der Waals surface area contributed by atoms with Crippen LogP contribution in [0.5, 0.6) is 0 Å². The first kappa shape index (κ1) is 21.7. The summed E-state index contributed by atoms with van der Waals surface area (Å²) in [5.74, 6) is -0.944. The first-order valence-corrected chi connectivity index (χ1v) is 9.36. The second-order valence-corrected chi connectivity index (χ2v) is 7.85. The molecule has 1 aromatic carbocycles. The number of ether oxygens (including phenoxy) is 1. The van der Waals surface area contributed by atoms with E-state index in [4.69, 9.17) is 10.00 Å². The Bertz CT molecular complexity index is 1190. The molecule has 0 aliphatic rings. The van der Waals surface area contributed by atoms with Crippen molar-refractivity contribution in [2.75, 3.05) is 18.9 Å². The van der Waals surface area contributed by atoms with Crippen molar-refractivity contribution in [3.63, 3.8) is 0 Å². The van der Waals surface area contributed by atoms with Gasteiger partial charge in [-0.15, -0.1) is 5.10 Å². The molecule has 0 saturated carbocycles. The normalized spacial score (nSPS) is 11.1. The van der Waals surface area contributed by atoms with E-state index in [0.29, 0.717) is 16.8 Å². The summed E-state index contributed by atoms with van der Waals surface area (Å²) in [7, 11) is 1.45. The van der Waals surface area contributed by atoms with E-state index in [1.54, 1.807) is 39.1 Å². The van der Waals surface area contributed by atoms with Crippen LogP contribution in [0.25, 0.3) is 16.8 Å². The Morgan fingerprint density at radius 2 is 2.03 bits per heavy atom. The van der Waals surface area contributed by atoms with Gasteiger partial charge >= 0.3 is 6.09 Å². The summed E-state index contributed by atoms with van der Waals surface area (Å²) >= 11 is 0. The molecule has 0 radical (unpaired) electrons. The predicted molar refractivity (Wildman–Crippen MR) is 111 cm³/mol. The number of nitrogens with zero attached hydrogens (tertiary/aromatic N) is 5. The van der Waals surface area contributed by atoms with Crippen LogP contribution in [0.15, 0.2) is 36.5 Å². The minimum atomic E-state index is -0.672. The van der Waals surface area contributed by atoms with Gasteiger partial charge in [0.15, 0.2) is 5.65 Å². The number of aromatic nitrogens is 3. The van der Waals surface area contributed by atoms with E-state index in [1.165, 1.54) is 29.8 Å². The van der Waals surface area contributed by atoms with E-state index in [0.717, 1.165) is 4.90 Å². The zero-order chi connectivity index (χ0) is 22.8. The Morgan fingerprint density at radius 1 is 1.29 bits per heavy atom. The van der Waals surface area contributed by atoms with Gasteiger partial charge in [-0.3, -0.25) is 10.1 Å². The Kier molecular flexibility index (Phi) is 5.88. The molecule has 0 aliphatic heterocycles. The zero-order valence-corrected chi connectivity index (χ0v) is 17.5. The number of amides is 2. The summed E-state index contributed by atoms with van der Waals surface area (Å²) in [4.78, 5) is 29.5. The molecule has 9 nitrogen and oxygen atoms in total. The van der Waals surface area contributed by atoms with Crippen LogP contribution in [0.3, 0.4) is 0 Å². The van der Waals surface area contributed by atoms with Crippen LogP contribution in [0, 0.1) is 17.1 Å². The molecule has 1 N–H and O–H groups in total. The third-order valence-corrected chi connectivity index (χ3v) is 4.07. The Labute approximate surface area is 178 Å². The van der Waals surface area contributed by atoms with Gasteiger partial charge in [0.25, 0.3) is 0 Å². The lowest BCUT2D eigenvalue weighted by Gasteiger charge is -2.24. The van der Waals surface area contributed by atoms with Crippen molar-refractivity contribution in [3.8, 4) is 17.2 Å². The number of rotatable bonds is 4. The molecule has 2 aromatic heterocycles. The van der Waals surface area contributed by atoms with Gasteiger partial charge in [0.1, 0.15) is 18.0 Å². The van der Waals surface area contributed by atoms with E-state index >= 15 is 0 Å². The second kappa shape index (κ2) is 8.39. The fourth-order valence-electron chi connectivity index (χ4n) is 2.70. The molecule has 160 valence electrons. The van der Waals surface area contributed by atoms with Gasteiger partial charge in [-0.05, 0) is 51.1 Å². The SMILES string of the molecule is CN(CC(=O)Nc1nc2ccc(-c3cc(C#N)ccc3F)cn2n1)C(=O)OC(C)(C)C. The van der Waals surface area contributed by atoms with E-state index < -0.39 is 23.4 Å². The Morgan fingerprint density at radius 3 is 2.71 bits per heavy atom. The number of carbonyl (C=O) groups excluding carboxylic acids is 2. The lowest BCUT2D eigenvalue weighted by atomic mass is 10.0. The first-order chi connectivity index (χ1) is 14.6. The number of pyridine rings is 1. The number of benzene rings is 1. The van der Waals surface area contributed by atoms with Gasteiger partial charge < -0.3 is 9.64 Å². The van der Waals surface area contributed by atoms with Gasteiger partial charge in [-0.1, -0.05) is 0 Å². The van der Waals surface area contributed by atoms with Crippen molar-refractivity contribution in [2.24, 2.45) is 0 Å². The topological polar surface area (TPSA) is 113 Å². The van der Waals surface area contributed by atoms with Crippen molar-refractivity contribution in [3.05, 3.63) is 47.9 Å². The monoisotopic (exact) mass is 424 g/mol. The van der Waals surface area contributed by atoms with Crippen LogP contribution in [0.4, 0.5) is 15.1 Å². The van der Waals surface area contributed by atoms with Crippen molar-refractivity contribution in [1.82, 2.24) is 19.5 Å². The fraction of sp³-hybridized carbons (Fsp3) is 0.286. The third kappa shape index (κ3) is 5.33. The van der Waals surface area contributed by atoms with Crippen molar-refractivity contribution in [1.29, 1.82) is 5.26 Å². The fourth-order valence-corrected chi connectivity index (χ4v) is 2.70. The number of fused-ring (bicyclic) bond motifs is 1. The van der Waals surface area contributed by atoms with Gasteiger partial charge in [0.2, 0.25) is 11.9 Å². The van der Waals surface area contributed by atoms with Crippen LogP contribution in [0.2, 0.25) is 0 Å². The van der Waals surface area contributed by atoms with Crippen LogP contribution in [-0.4, -0.2) is 50.7 Å². The van der Waals surface area contributed by atoms with E-state index in [-0.39, 0.29) is 18.1 Å². The molecule has 0 aliphatic carbocycles. The van der Waals surface area contributed by atoms with E-state index in [1.807, 2.05) is 6.07 Å². The Hall–Kier alpha value is -4.00. The summed E-state index contributed by atoms with van der Waals surface area (Å²) in [5, 5.41) is 15.7. The molecule has 3 aromatic rings. The lowest BCUT2D eigenvalue weighted by Crippen LogP contribution is -2.38. The molecule has 2 amide bonds. The average Bonchev–Trinajstić information content (AvgIpc) is 3.08. The first-order valence-electron chi connectivity index (χ1n) is 9.36. The Balaban J connectivity index is 1.74. The molecular weight excluding hydrogens is 403 g/mol. The molecular formula is C21H21FN6O3. The van der Waals surface area contributed by atoms with Gasteiger partial charge in [0.05, 0.1) is 11.6 Å². The molecule has 0 bridgehead atoms. The van der Waals surface area contributed by atoms with Gasteiger partial charge in [-0.2, -0.15) is 10.2 Å². The number of nitrogens with one attached hydrogen (secondary N) is 1. The minimum absolute atomic E-state index is 0.0333.